The Morgan fingerprint density at radius 2 is 2.11 bits per heavy atom. The van der Waals surface area contributed by atoms with Gasteiger partial charge in [-0.25, -0.2) is 9.97 Å². The van der Waals surface area contributed by atoms with Gasteiger partial charge in [-0.1, -0.05) is 20.3 Å². The van der Waals surface area contributed by atoms with E-state index in [1.165, 1.54) is 19.3 Å². The van der Waals surface area contributed by atoms with Crippen molar-refractivity contribution in [3.63, 3.8) is 0 Å². The Morgan fingerprint density at radius 3 is 2.78 bits per heavy atom. The lowest BCUT2D eigenvalue weighted by molar-refractivity contribution is 0.744. The van der Waals surface area contributed by atoms with E-state index in [4.69, 9.17) is 0 Å². The molecule has 18 heavy (non-hydrogen) atoms. The number of nitrogens with zero attached hydrogens (tertiary/aromatic N) is 2. The van der Waals surface area contributed by atoms with Crippen LogP contribution in [0.25, 0.3) is 0 Å². The highest BCUT2D eigenvalue weighted by atomic mass is 32.2. The molecule has 3 nitrogen and oxygen atoms in total. The molecule has 0 spiro atoms. The third kappa shape index (κ3) is 3.16. The first-order chi connectivity index (χ1) is 8.60. The van der Waals surface area contributed by atoms with Gasteiger partial charge in [-0.05, 0) is 38.0 Å². The SMILES string of the molecule is CSC1CCCC1Nc1nc(C)cc(C(C)C)n1. The summed E-state index contributed by atoms with van der Waals surface area (Å²) < 4.78 is 0. The molecule has 0 saturated heterocycles. The fourth-order valence-electron chi connectivity index (χ4n) is 2.49. The molecule has 0 bridgehead atoms. The summed E-state index contributed by atoms with van der Waals surface area (Å²) in [5.41, 5.74) is 2.18. The predicted octanol–water partition coefficient (Wildman–Crippen LogP) is 3.60. The molecular formula is C14H23N3S. The molecule has 1 aliphatic rings. The Kier molecular flexibility index (Phi) is 4.49. The third-order valence-electron chi connectivity index (χ3n) is 3.54. The van der Waals surface area contributed by atoms with Crippen molar-refractivity contribution in [2.45, 2.75) is 57.2 Å². The molecule has 0 aliphatic heterocycles. The van der Waals surface area contributed by atoms with E-state index in [1.54, 1.807) is 0 Å². The molecule has 1 fully saturated rings. The molecule has 1 N–H and O–H groups in total. The average Bonchev–Trinajstić information content (AvgIpc) is 2.75. The summed E-state index contributed by atoms with van der Waals surface area (Å²) in [4.78, 5) is 9.15. The van der Waals surface area contributed by atoms with Crippen LogP contribution in [-0.2, 0) is 0 Å². The van der Waals surface area contributed by atoms with Crippen LogP contribution >= 0.6 is 11.8 Å². The molecule has 2 unspecified atom stereocenters. The first-order valence-corrected chi connectivity index (χ1v) is 8.04. The normalized spacial score (nSPS) is 23.6. The lowest BCUT2D eigenvalue weighted by Gasteiger charge is -2.20. The highest BCUT2D eigenvalue weighted by molar-refractivity contribution is 7.99. The summed E-state index contributed by atoms with van der Waals surface area (Å²) in [6.45, 7) is 6.39. The van der Waals surface area contributed by atoms with E-state index >= 15 is 0 Å². The Labute approximate surface area is 114 Å². The van der Waals surface area contributed by atoms with Crippen LogP contribution in [0, 0.1) is 6.92 Å². The standard InChI is InChI=1S/C14H23N3S/c1-9(2)12-8-10(3)15-14(17-12)16-11-6-5-7-13(11)18-4/h8-9,11,13H,5-7H2,1-4H3,(H,15,16,17). The first-order valence-electron chi connectivity index (χ1n) is 6.75. The summed E-state index contributed by atoms with van der Waals surface area (Å²) in [7, 11) is 0. The van der Waals surface area contributed by atoms with Crippen molar-refractivity contribution in [3.05, 3.63) is 17.5 Å². The Balaban J connectivity index is 2.13. The molecule has 1 aromatic rings. The molecule has 100 valence electrons. The zero-order chi connectivity index (χ0) is 13.1. The number of nitrogens with one attached hydrogen (secondary N) is 1. The zero-order valence-electron chi connectivity index (χ0n) is 11.7. The maximum Gasteiger partial charge on any atom is 0.223 e. The highest BCUT2D eigenvalue weighted by Gasteiger charge is 2.27. The summed E-state index contributed by atoms with van der Waals surface area (Å²) in [6.07, 6.45) is 6.05. The van der Waals surface area contributed by atoms with Gasteiger partial charge in [0, 0.05) is 22.7 Å². The van der Waals surface area contributed by atoms with Crippen molar-refractivity contribution >= 4 is 17.7 Å². The van der Waals surface area contributed by atoms with Crippen LogP contribution in [-0.4, -0.2) is 27.5 Å². The quantitative estimate of drug-likeness (QED) is 0.902. The Hall–Kier alpha value is -0.770. The molecule has 0 aromatic carbocycles. The minimum atomic E-state index is 0.451. The van der Waals surface area contributed by atoms with Crippen molar-refractivity contribution < 1.29 is 0 Å². The number of hydrogen-bond donors (Lipinski definition) is 1. The van der Waals surface area contributed by atoms with Gasteiger partial charge in [-0.2, -0.15) is 11.8 Å². The number of thioether (sulfide) groups is 1. The van der Waals surface area contributed by atoms with Crippen LogP contribution in [0.5, 0.6) is 0 Å². The zero-order valence-corrected chi connectivity index (χ0v) is 12.5. The average molecular weight is 265 g/mol. The maximum atomic E-state index is 4.63. The number of rotatable bonds is 4. The van der Waals surface area contributed by atoms with Crippen LogP contribution in [0.2, 0.25) is 0 Å². The van der Waals surface area contributed by atoms with E-state index in [9.17, 15) is 0 Å². The van der Waals surface area contributed by atoms with Gasteiger partial charge in [-0.15, -0.1) is 0 Å². The van der Waals surface area contributed by atoms with Crippen molar-refractivity contribution in [1.82, 2.24) is 9.97 Å². The lowest BCUT2D eigenvalue weighted by atomic mass is 10.1. The molecule has 1 aliphatic carbocycles. The molecule has 0 amide bonds. The second-order valence-electron chi connectivity index (χ2n) is 5.37. The van der Waals surface area contributed by atoms with Gasteiger partial charge in [0.05, 0.1) is 0 Å². The van der Waals surface area contributed by atoms with Gasteiger partial charge >= 0.3 is 0 Å². The van der Waals surface area contributed by atoms with Crippen molar-refractivity contribution in [3.8, 4) is 0 Å². The molecule has 4 heteroatoms. The number of aryl methyl sites for hydroxylation is 1. The second-order valence-corrected chi connectivity index (χ2v) is 6.45. The second kappa shape index (κ2) is 5.91. The number of anilines is 1. The van der Waals surface area contributed by atoms with Gasteiger partial charge in [0.25, 0.3) is 0 Å². The van der Waals surface area contributed by atoms with E-state index in [0.29, 0.717) is 17.2 Å². The molecule has 1 saturated carbocycles. The summed E-state index contributed by atoms with van der Waals surface area (Å²) in [6, 6.07) is 2.61. The van der Waals surface area contributed by atoms with Crippen molar-refractivity contribution in [2.75, 3.05) is 11.6 Å². The molecule has 0 radical (unpaired) electrons. The van der Waals surface area contributed by atoms with E-state index in [-0.39, 0.29) is 0 Å². The van der Waals surface area contributed by atoms with E-state index in [1.807, 2.05) is 18.7 Å². The molecular weight excluding hydrogens is 242 g/mol. The van der Waals surface area contributed by atoms with Crippen molar-refractivity contribution in [2.24, 2.45) is 0 Å². The van der Waals surface area contributed by atoms with Gasteiger partial charge in [-0.3, -0.25) is 0 Å². The molecule has 2 rings (SSSR count). The Morgan fingerprint density at radius 1 is 1.33 bits per heavy atom. The fraction of sp³-hybridized carbons (Fsp3) is 0.714. The van der Waals surface area contributed by atoms with Gasteiger partial charge in [0.15, 0.2) is 0 Å². The summed E-state index contributed by atoms with van der Waals surface area (Å²) in [5.74, 6) is 1.26. The molecule has 2 atom stereocenters. The van der Waals surface area contributed by atoms with Gasteiger partial charge in [0.2, 0.25) is 5.95 Å². The van der Waals surface area contributed by atoms with Crippen LogP contribution < -0.4 is 5.32 Å². The summed E-state index contributed by atoms with van der Waals surface area (Å²) >= 11 is 1.96. The van der Waals surface area contributed by atoms with Gasteiger partial charge < -0.3 is 5.32 Å². The van der Waals surface area contributed by atoms with Crippen LogP contribution in [0.1, 0.15) is 50.4 Å². The first kappa shape index (κ1) is 13.7. The van der Waals surface area contributed by atoms with Crippen molar-refractivity contribution in [1.29, 1.82) is 0 Å². The topological polar surface area (TPSA) is 37.8 Å². The largest absolute Gasteiger partial charge is 0.350 e. The minimum absolute atomic E-state index is 0.451. The van der Waals surface area contributed by atoms with E-state index < -0.39 is 0 Å². The third-order valence-corrected chi connectivity index (χ3v) is 4.71. The molecule has 1 aromatic heterocycles. The smallest absolute Gasteiger partial charge is 0.223 e. The van der Waals surface area contributed by atoms with Crippen LogP contribution in [0.3, 0.4) is 0 Å². The number of aromatic nitrogens is 2. The Bertz CT molecular complexity index is 406. The molecule has 1 heterocycles. The van der Waals surface area contributed by atoms with E-state index in [0.717, 1.165) is 17.3 Å². The van der Waals surface area contributed by atoms with Crippen LogP contribution in [0.15, 0.2) is 6.07 Å². The monoisotopic (exact) mass is 265 g/mol. The predicted molar refractivity (Wildman–Crippen MR) is 79.4 cm³/mol. The maximum absolute atomic E-state index is 4.63. The van der Waals surface area contributed by atoms with Gasteiger partial charge in [0.1, 0.15) is 0 Å². The fourth-order valence-corrected chi connectivity index (χ4v) is 3.43. The summed E-state index contributed by atoms with van der Waals surface area (Å²) in [5, 5.41) is 4.24. The van der Waals surface area contributed by atoms with E-state index in [2.05, 4.69) is 41.5 Å². The number of hydrogen-bond acceptors (Lipinski definition) is 4. The van der Waals surface area contributed by atoms with Crippen LogP contribution in [0.4, 0.5) is 5.95 Å². The minimum Gasteiger partial charge on any atom is -0.350 e. The highest BCUT2D eigenvalue weighted by Crippen LogP contribution is 2.30. The lowest BCUT2D eigenvalue weighted by Crippen LogP contribution is -2.27.